The number of hydrogen-bond acceptors (Lipinski definition) is 3. The van der Waals surface area contributed by atoms with Crippen LogP contribution in [-0.2, 0) is 10.8 Å². The quantitative estimate of drug-likeness (QED) is 0.180. The summed E-state index contributed by atoms with van der Waals surface area (Å²) in [6.45, 7) is 17.5. The molecule has 4 heteroatoms. The van der Waals surface area contributed by atoms with Crippen LogP contribution in [0.1, 0.15) is 72.4 Å². The van der Waals surface area contributed by atoms with Crippen LogP contribution < -0.4 is 4.90 Å². The lowest BCUT2D eigenvalue weighted by Gasteiger charge is -2.33. The van der Waals surface area contributed by atoms with Crippen molar-refractivity contribution in [1.82, 2.24) is 0 Å². The second kappa shape index (κ2) is 10.1. The summed E-state index contributed by atoms with van der Waals surface area (Å²) in [6, 6.07) is 26.0. The molecule has 6 aromatic rings. The van der Waals surface area contributed by atoms with Gasteiger partial charge in [0.25, 0.3) is 0 Å². The first-order valence-electron chi connectivity index (χ1n) is 17.8. The van der Waals surface area contributed by atoms with E-state index in [-0.39, 0.29) is 16.2 Å². The van der Waals surface area contributed by atoms with E-state index in [1.54, 1.807) is 0 Å². The van der Waals surface area contributed by atoms with Crippen LogP contribution in [0.2, 0.25) is 0 Å². The van der Waals surface area contributed by atoms with Gasteiger partial charge in [-0.25, -0.2) is 0 Å². The van der Waals surface area contributed by atoms with E-state index in [1.807, 2.05) is 12.1 Å². The summed E-state index contributed by atoms with van der Waals surface area (Å²) < 4.78 is 15.1. The molecule has 0 radical (unpaired) electrons. The molecule has 0 amide bonds. The smallest absolute Gasteiger partial charge is 0.210 e. The average Bonchev–Trinajstić information content (AvgIpc) is 3.72. The second-order valence-corrected chi connectivity index (χ2v) is 16.4. The normalized spacial score (nSPS) is 21.1. The molecule has 0 N–H and O–H groups in total. The molecule has 9 rings (SSSR count). The van der Waals surface area contributed by atoms with Gasteiger partial charge in [-0.15, -0.1) is 0 Å². The van der Waals surface area contributed by atoms with Crippen LogP contribution in [-0.4, -0.2) is 23.9 Å². The summed E-state index contributed by atoms with van der Waals surface area (Å²) in [5.74, 6) is 0. The molecule has 4 aromatic carbocycles. The maximum atomic E-state index is 6.35. The molecule has 0 fully saturated rings. The lowest BCUT2D eigenvalue weighted by molar-refractivity contribution is -0.401. The lowest BCUT2D eigenvalue weighted by atomic mass is 9.73. The van der Waals surface area contributed by atoms with Gasteiger partial charge >= 0.3 is 0 Å². The van der Waals surface area contributed by atoms with Gasteiger partial charge in [0.2, 0.25) is 5.69 Å². The van der Waals surface area contributed by atoms with Crippen molar-refractivity contribution in [2.24, 2.45) is 5.41 Å². The van der Waals surface area contributed by atoms with Gasteiger partial charge in [0.15, 0.2) is 5.71 Å². The van der Waals surface area contributed by atoms with E-state index < -0.39 is 0 Å². The molecule has 0 spiro atoms. The minimum absolute atomic E-state index is 0.145. The van der Waals surface area contributed by atoms with Gasteiger partial charge in [0.05, 0.1) is 5.41 Å². The van der Waals surface area contributed by atoms with Crippen LogP contribution in [0.25, 0.3) is 43.9 Å². The number of anilines is 1. The summed E-state index contributed by atoms with van der Waals surface area (Å²) in [6.07, 6.45) is 9.54. The zero-order valence-electron chi connectivity index (χ0n) is 30.0. The monoisotopic (exact) mass is 645 g/mol. The molecule has 4 heterocycles. The van der Waals surface area contributed by atoms with Crippen LogP contribution in [0, 0.1) is 5.41 Å². The van der Waals surface area contributed by atoms with Crippen molar-refractivity contribution in [3.05, 3.63) is 119 Å². The van der Waals surface area contributed by atoms with Crippen LogP contribution in [0.5, 0.6) is 0 Å². The van der Waals surface area contributed by atoms with Gasteiger partial charge in [0.1, 0.15) is 29.4 Å². The molecule has 0 unspecified atom stereocenters. The predicted octanol–water partition coefficient (Wildman–Crippen LogP) is 11.9. The zero-order valence-corrected chi connectivity index (χ0v) is 30.0. The number of rotatable bonds is 3. The third kappa shape index (κ3) is 4.39. The lowest BCUT2D eigenvalue weighted by Crippen LogP contribution is -2.28. The number of benzene rings is 4. The Hall–Kier alpha value is -4.83. The Balaban J connectivity index is 1.14. The van der Waals surface area contributed by atoms with Crippen LogP contribution in [0.4, 0.5) is 11.4 Å². The number of likely N-dealkylation sites (N-methyl/N-ethyl adjacent to an activating group) is 1. The molecule has 1 aliphatic carbocycles. The van der Waals surface area contributed by atoms with Gasteiger partial charge in [0, 0.05) is 62.6 Å². The average molecular weight is 646 g/mol. The van der Waals surface area contributed by atoms with Crippen molar-refractivity contribution in [3.8, 4) is 0 Å². The number of allylic oxidation sites excluding steroid dienone is 6. The molecule has 2 aromatic heterocycles. The molecule has 0 bridgehead atoms. The topological polar surface area (TPSA) is 32.5 Å². The second-order valence-electron chi connectivity index (χ2n) is 16.4. The standard InChI is InChI=1S/C45H45N2O2/c1-9-47-36-22-32-30-15-11-13-17-38(30)49-40(32)24-34(36)45(6,7)42(47)20-28-18-27(25-43(2,3)26-28)19-41-44(4,5)33-23-39-31(21-35(33)46(41)8)29-14-10-12-16-37(29)48-39/h10-24H,9,25-26H2,1-8H3/q+1. The Kier molecular flexibility index (Phi) is 6.24. The maximum Gasteiger partial charge on any atom is 0.210 e. The first kappa shape index (κ1) is 30.2. The number of nitrogens with zero attached hydrogens (tertiary/aromatic N) is 2. The molecule has 3 aliphatic rings. The number of fused-ring (bicyclic) bond motifs is 8. The predicted molar refractivity (Wildman–Crippen MR) is 205 cm³/mol. The molecule has 0 saturated heterocycles. The fourth-order valence-corrected chi connectivity index (χ4v) is 9.23. The first-order valence-corrected chi connectivity index (χ1v) is 17.8. The fourth-order valence-electron chi connectivity index (χ4n) is 9.23. The van der Waals surface area contributed by atoms with Gasteiger partial charge in [-0.1, -0.05) is 70.2 Å². The largest absolute Gasteiger partial charge is 0.456 e. The molecule has 2 aliphatic heterocycles. The molecule has 49 heavy (non-hydrogen) atoms. The summed E-state index contributed by atoms with van der Waals surface area (Å²) in [4.78, 5) is 2.53. The minimum Gasteiger partial charge on any atom is -0.456 e. The van der Waals surface area contributed by atoms with E-state index in [0.717, 1.165) is 41.7 Å². The summed E-state index contributed by atoms with van der Waals surface area (Å²) in [7, 11) is 2.23. The van der Waals surface area contributed by atoms with Gasteiger partial charge in [-0.05, 0) is 92.1 Å². The van der Waals surface area contributed by atoms with E-state index in [0.29, 0.717) is 0 Å². The minimum atomic E-state index is -0.159. The van der Waals surface area contributed by atoms with Crippen molar-refractivity contribution in [1.29, 1.82) is 0 Å². The van der Waals surface area contributed by atoms with E-state index in [1.165, 1.54) is 66.6 Å². The molecule has 246 valence electrons. The van der Waals surface area contributed by atoms with Crippen molar-refractivity contribution >= 4 is 61.0 Å². The molecular formula is C45H45N2O2+. The fraction of sp³-hybridized carbons (Fsp3) is 0.311. The third-order valence-corrected chi connectivity index (χ3v) is 11.6. The molecular weight excluding hydrogens is 601 g/mol. The van der Waals surface area contributed by atoms with Gasteiger partial charge < -0.3 is 13.7 Å². The highest BCUT2D eigenvalue weighted by Crippen LogP contribution is 2.52. The molecule has 4 nitrogen and oxygen atoms in total. The van der Waals surface area contributed by atoms with Crippen LogP contribution >= 0.6 is 0 Å². The number of furan rings is 2. The Bertz CT molecular complexity index is 2520. The Morgan fingerprint density at radius 3 is 1.96 bits per heavy atom. The summed E-state index contributed by atoms with van der Waals surface area (Å²) in [5.41, 5.74) is 14.3. The van der Waals surface area contributed by atoms with Crippen molar-refractivity contribution < 1.29 is 13.4 Å². The van der Waals surface area contributed by atoms with Crippen molar-refractivity contribution in [2.75, 3.05) is 18.5 Å². The number of hydrogen-bond donors (Lipinski definition) is 0. The SMILES string of the molecule is CCN1C(=CC2=CC(=CC3=[N+](C)c4cc5c(cc4C3(C)C)oc3ccccc35)CC(C)(C)C2)C(C)(C)c2cc3oc4ccccc4c3cc21. The summed E-state index contributed by atoms with van der Waals surface area (Å²) in [5, 5.41) is 4.73. The van der Waals surface area contributed by atoms with Gasteiger partial charge in [-0.3, -0.25) is 0 Å². The maximum absolute atomic E-state index is 6.35. The highest BCUT2D eigenvalue weighted by atomic mass is 16.3. The van der Waals surface area contributed by atoms with E-state index in [9.17, 15) is 0 Å². The number of para-hydroxylation sites is 2. The van der Waals surface area contributed by atoms with E-state index >= 15 is 0 Å². The van der Waals surface area contributed by atoms with Gasteiger partial charge in [-0.2, -0.15) is 4.58 Å². The zero-order chi connectivity index (χ0) is 34.0. The van der Waals surface area contributed by atoms with E-state index in [4.69, 9.17) is 8.83 Å². The van der Waals surface area contributed by atoms with Crippen molar-refractivity contribution in [2.45, 2.75) is 72.1 Å². The molecule has 0 saturated carbocycles. The Morgan fingerprint density at radius 2 is 1.31 bits per heavy atom. The Morgan fingerprint density at radius 1 is 0.694 bits per heavy atom. The highest BCUT2D eigenvalue weighted by Gasteiger charge is 2.45. The highest BCUT2D eigenvalue weighted by molar-refractivity contribution is 6.10. The van der Waals surface area contributed by atoms with Crippen LogP contribution in [0.3, 0.4) is 0 Å². The van der Waals surface area contributed by atoms with Crippen LogP contribution in [0.15, 0.2) is 117 Å². The summed E-state index contributed by atoms with van der Waals surface area (Å²) >= 11 is 0. The van der Waals surface area contributed by atoms with E-state index in [2.05, 4.69) is 144 Å². The third-order valence-electron chi connectivity index (χ3n) is 11.6. The molecule has 0 atom stereocenters. The Labute approximate surface area is 288 Å². The van der Waals surface area contributed by atoms with Crippen molar-refractivity contribution in [3.63, 3.8) is 0 Å². The first-order chi connectivity index (χ1) is 23.4.